The van der Waals surface area contributed by atoms with Crippen LogP contribution in [0.5, 0.6) is 0 Å². The van der Waals surface area contributed by atoms with Crippen molar-refractivity contribution in [2.45, 2.75) is 12.8 Å². The summed E-state index contributed by atoms with van der Waals surface area (Å²) in [5, 5.41) is 1.24. The number of hydrogen-bond acceptors (Lipinski definition) is 0. The Bertz CT molecular complexity index is 975. The van der Waals surface area contributed by atoms with E-state index in [1.54, 1.807) is 0 Å². The third-order valence-electron chi connectivity index (χ3n) is 5.64. The predicted molar refractivity (Wildman–Crippen MR) is 170 cm³/mol. The number of benzene rings is 3. The van der Waals surface area contributed by atoms with Crippen molar-refractivity contribution >= 4 is 36.7 Å². The zero-order valence-electron chi connectivity index (χ0n) is 21.1. The molecular weight excluding hydrogens is 503 g/mol. The van der Waals surface area contributed by atoms with Crippen LogP contribution in [0.25, 0.3) is 11.1 Å². The zero-order valence-corrected chi connectivity index (χ0v) is 23.8. The Morgan fingerprint density at radius 2 is 1.11 bits per heavy atom. The first kappa shape index (κ1) is 36.1. The molecule has 1 saturated carbocycles. The van der Waals surface area contributed by atoms with Crippen LogP contribution in [0.15, 0.2) is 128 Å². The summed E-state index contributed by atoms with van der Waals surface area (Å²) in [7, 11) is 2.63. The molecule has 1 radical (unpaired) electrons. The fraction of sp³-hybridized carbons (Fsp3) is 0.121. The molecule has 3 unspecified atom stereocenters. The summed E-state index contributed by atoms with van der Waals surface area (Å²) in [4.78, 5) is 0. The van der Waals surface area contributed by atoms with Crippen LogP contribution < -0.4 is 5.30 Å². The van der Waals surface area contributed by atoms with Crippen molar-refractivity contribution in [3.63, 3.8) is 0 Å². The molecule has 0 aliphatic heterocycles. The molecule has 0 saturated heterocycles. The molecule has 187 valence electrons. The van der Waals surface area contributed by atoms with Gasteiger partial charge in [0.05, 0.1) is 0 Å². The summed E-state index contributed by atoms with van der Waals surface area (Å²) in [5.74, 6) is 1.62. The third kappa shape index (κ3) is 11.8. The molecule has 0 N–H and O–H groups in total. The summed E-state index contributed by atoms with van der Waals surface area (Å²) < 4.78 is 0. The topological polar surface area (TPSA) is 0 Å². The van der Waals surface area contributed by atoms with Crippen molar-refractivity contribution < 1.29 is 21.7 Å². The summed E-state index contributed by atoms with van der Waals surface area (Å²) in [5.41, 5.74) is 4.20. The number of allylic oxidation sites excluding steroid dienone is 6. The molecule has 3 atom stereocenters. The van der Waals surface area contributed by atoms with E-state index in [1.165, 1.54) is 18.1 Å². The van der Waals surface area contributed by atoms with E-state index < -0.39 is 0 Å². The molecule has 36 heavy (non-hydrogen) atoms. The Balaban J connectivity index is 0. The normalized spacial score (nSPS) is 15.8. The fourth-order valence-electron chi connectivity index (χ4n) is 3.77. The molecule has 1 fully saturated rings. The SMILES string of the molecule is C1=CC2[CH-]CCC2C=C1.C=C(C(=C)c1ccccc1)c1ccccc1.Pc1ccccc1.[CH3-].[CH3-].[SiH4].[Ti+3]. The van der Waals surface area contributed by atoms with E-state index in [9.17, 15) is 0 Å². The molecule has 0 spiro atoms. The van der Waals surface area contributed by atoms with Crippen LogP contribution in [-0.2, 0) is 21.7 Å². The molecule has 0 aromatic heterocycles. The quantitative estimate of drug-likeness (QED) is 0.139. The second-order valence-corrected chi connectivity index (χ2v) is 8.59. The van der Waals surface area contributed by atoms with Crippen LogP contribution in [0.1, 0.15) is 24.0 Å². The van der Waals surface area contributed by atoms with Crippen LogP contribution >= 0.6 is 9.24 Å². The Labute approximate surface area is 242 Å². The predicted octanol–water partition coefficient (Wildman–Crippen LogP) is 7.39. The van der Waals surface area contributed by atoms with Crippen molar-refractivity contribution in [2.24, 2.45) is 11.8 Å². The van der Waals surface area contributed by atoms with E-state index in [1.807, 2.05) is 66.7 Å². The first-order valence-electron chi connectivity index (χ1n) is 11.1. The zero-order chi connectivity index (χ0) is 22.6. The Kier molecular flexibility index (Phi) is 20.2. The average Bonchev–Trinajstić information content (AvgIpc) is 3.35. The van der Waals surface area contributed by atoms with Gasteiger partial charge in [0.2, 0.25) is 0 Å². The monoisotopic (exact) mass is 545 g/mol. The maximum absolute atomic E-state index is 4.10. The van der Waals surface area contributed by atoms with Crippen LogP contribution in [0, 0.1) is 33.1 Å². The van der Waals surface area contributed by atoms with Gasteiger partial charge in [-0.1, -0.05) is 129 Å². The second-order valence-electron chi connectivity index (χ2n) is 7.92. The Morgan fingerprint density at radius 1 is 0.694 bits per heavy atom. The molecule has 3 heteroatoms. The van der Waals surface area contributed by atoms with E-state index in [2.05, 4.69) is 77.4 Å². The smallest absolute Gasteiger partial charge is 0.358 e. The van der Waals surface area contributed by atoms with Gasteiger partial charge in [-0.15, -0.1) is 21.2 Å². The van der Waals surface area contributed by atoms with Gasteiger partial charge in [-0.25, -0.2) is 0 Å². The van der Waals surface area contributed by atoms with Crippen LogP contribution in [-0.4, -0.2) is 11.0 Å². The summed E-state index contributed by atoms with van der Waals surface area (Å²) in [6, 6.07) is 30.4. The molecule has 0 nitrogen and oxygen atoms in total. The number of rotatable bonds is 3. The van der Waals surface area contributed by atoms with Crippen molar-refractivity contribution in [1.82, 2.24) is 0 Å². The van der Waals surface area contributed by atoms with Crippen molar-refractivity contribution in [3.05, 3.63) is 161 Å². The largest absolute Gasteiger partial charge is 3.00 e. The van der Waals surface area contributed by atoms with Gasteiger partial charge < -0.3 is 21.3 Å². The first-order valence-corrected chi connectivity index (χ1v) is 11.7. The van der Waals surface area contributed by atoms with Gasteiger partial charge in [0, 0.05) is 0 Å². The van der Waals surface area contributed by atoms with E-state index in [-0.39, 0.29) is 47.5 Å². The molecular formula is C33H42PSiTi. The summed E-state index contributed by atoms with van der Waals surface area (Å²) in [6.07, 6.45) is 14.1. The molecule has 2 aliphatic carbocycles. The van der Waals surface area contributed by atoms with E-state index in [4.69, 9.17) is 0 Å². The van der Waals surface area contributed by atoms with Gasteiger partial charge in [-0.05, 0) is 44.5 Å². The minimum Gasteiger partial charge on any atom is -0.358 e. The fourth-order valence-corrected chi connectivity index (χ4v) is 4.00. The van der Waals surface area contributed by atoms with E-state index >= 15 is 0 Å². The van der Waals surface area contributed by atoms with Gasteiger partial charge in [-0.2, -0.15) is 6.42 Å². The minimum absolute atomic E-state index is 0. The number of fused-ring (bicyclic) bond motifs is 1. The number of hydrogen-bond donors (Lipinski definition) is 0. The molecule has 3 aromatic rings. The molecule has 3 aromatic carbocycles. The van der Waals surface area contributed by atoms with E-state index in [0.717, 1.165) is 34.1 Å². The van der Waals surface area contributed by atoms with Crippen molar-refractivity contribution in [2.75, 3.05) is 0 Å². The van der Waals surface area contributed by atoms with E-state index in [0.29, 0.717) is 0 Å². The molecule has 0 amide bonds. The summed E-state index contributed by atoms with van der Waals surface area (Å²) in [6.45, 7) is 8.20. The maximum Gasteiger partial charge on any atom is 3.00 e. The van der Waals surface area contributed by atoms with Gasteiger partial charge >= 0.3 is 21.7 Å². The molecule has 0 bridgehead atoms. The Morgan fingerprint density at radius 3 is 1.50 bits per heavy atom. The van der Waals surface area contributed by atoms with Crippen molar-refractivity contribution in [3.8, 4) is 0 Å². The molecule has 5 rings (SSSR count). The molecule has 2 aliphatic rings. The van der Waals surface area contributed by atoms with Gasteiger partial charge in [-0.3, -0.25) is 0 Å². The minimum atomic E-state index is 0. The van der Waals surface area contributed by atoms with Gasteiger partial charge in [0.25, 0.3) is 0 Å². The van der Waals surface area contributed by atoms with Crippen LogP contribution in [0.2, 0.25) is 0 Å². The Hall–Kier alpha value is -2.02. The first-order chi connectivity index (χ1) is 15.6. The standard InChI is InChI=1S/C16H14.C9H11.C6H7P.2CH3.H4Si.Ti/c1-13(15-9-5-3-6-10-15)14(2)16-11-7-4-8-12-16;1-2-5-9-7-3-6-8(9)4-1;7-6-4-2-1-3-5-6;;;;/h3-12H,1-2H2;1-2,4-6,8-9H,3,7H2;1-5H,7H2;2*1H3;1H4;/q;-1;;2*-1;;+3. The summed E-state index contributed by atoms with van der Waals surface area (Å²) >= 11 is 0. The molecule has 0 heterocycles. The second kappa shape index (κ2) is 20.1. The maximum atomic E-state index is 4.10. The van der Waals surface area contributed by atoms with Crippen LogP contribution in [0.3, 0.4) is 0 Å². The van der Waals surface area contributed by atoms with Crippen LogP contribution in [0.4, 0.5) is 0 Å². The van der Waals surface area contributed by atoms with Gasteiger partial charge in [0.15, 0.2) is 0 Å². The van der Waals surface area contributed by atoms with Gasteiger partial charge in [0.1, 0.15) is 0 Å². The third-order valence-corrected chi connectivity index (χ3v) is 6.03. The average molecular weight is 546 g/mol. The van der Waals surface area contributed by atoms with Crippen molar-refractivity contribution in [1.29, 1.82) is 0 Å².